The number of amides is 1. The fourth-order valence-electron chi connectivity index (χ4n) is 1.20. The normalized spacial score (nSPS) is 12.1. The Labute approximate surface area is 108 Å². The predicted octanol–water partition coefficient (Wildman–Crippen LogP) is 1.13. The van der Waals surface area contributed by atoms with Crippen LogP contribution in [0.15, 0.2) is 24.4 Å². The lowest BCUT2D eigenvalue weighted by atomic mass is 10.2. The van der Waals surface area contributed by atoms with Gasteiger partial charge in [0, 0.05) is 18.7 Å². The molecule has 0 spiro atoms. The lowest BCUT2D eigenvalue weighted by Gasteiger charge is -2.05. The standard InChI is InChI=1S/C11H13N5OS/c1-7(6-12)9(17)14-11-16-15-10(18-11)8-4-2-3-5-13-8/h2-5,7H,6,12H2,1H3,(H,14,16,17). The zero-order chi connectivity index (χ0) is 13.0. The Morgan fingerprint density at radius 3 is 3.00 bits per heavy atom. The Kier molecular flexibility index (Phi) is 3.96. The fourth-order valence-corrected chi connectivity index (χ4v) is 1.93. The van der Waals surface area contributed by atoms with E-state index in [1.54, 1.807) is 13.1 Å². The van der Waals surface area contributed by atoms with Crippen LogP contribution in [0.3, 0.4) is 0 Å². The van der Waals surface area contributed by atoms with Gasteiger partial charge in [0.15, 0.2) is 5.01 Å². The third-order valence-electron chi connectivity index (χ3n) is 2.34. The first kappa shape index (κ1) is 12.6. The van der Waals surface area contributed by atoms with E-state index in [1.807, 2.05) is 18.2 Å². The van der Waals surface area contributed by atoms with Crippen LogP contribution in [0.25, 0.3) is 10.7 Å². The molecule has 7 heteroatoms. The zero-order valence-corrected chi connectivity index (χ0v) is 10.6. The SMILES string of the molecule is CC(CN)C(=O)Nc1nnc(-c2ccccn2)s1. The van der Waals surface area contributed by atoms with Crippen LogP contribution in [0.1, 0.15) is 6.92 Å². The second kappa shape index (κ2) is 5.65. The summed E-state index contributed by atoms with van der Waals surface area (Å²) < 4.78 is 0. The molecule has 3 N–H and O–H groups in total. The second-order valence-electron chi connectivity index (χ2n) is 3.75. The highest BCUT2D eigenvalue weighted by Gasteiger charge is 2.14. The molecule has 0 radical (unpaired) electrons. The minimum atomic E-state index is -0.243. The minimum Gasteiger partial charge on any atom is -0.330 e. The van der Waals surface area contributed by atoms with E-state index >= 15 is 0 Å². The summed E-state index contributed by atoms with van der Waals surface area (Å²) in [4.78, 5) is 15.8. The highest BCUT2D eigenvalue weighted by Crippen LogP contribution is 2.24. The maximum Gasteiger partial charge on any atom is 0.230 e. The number of hydrogen-bond acceptors (Lipinski definition) is 6. The van der Waals surface area contributed by atoms with Gasteiger partial charge in [-0.1, -0.05) is 24.3 Å². The van der Waals surface area contributed by atoms with Gasteiger partial charge in [0.1, 0.15) is 5.69 Å². The van der Waals surface area contributed by atoms with E-state index in [2.05, 4.69) is 20.5 Å². The highest BCUT2D eigenvalue weighted by atomic mass is 32.1. The molecule has 2 rings (SSSR count). The van der Waals surface area contributed by atoms with Crippen molar-refractivity contribution >= 4 is 22.4 Å². The van der Waals surface area contributed by atoms with Crippen LogP contribution in [0, 0.1) is 5.92 Å². The summed E-state index contributed by atoms with van der Waals surface area (Å²) in [5.74, 6) is -0.395. The summed E-state index contributed by atoms with van der Waals surface area (Å²) in [5, 5.41) is 11.7. The average Bonchev–Trinajstić information content (AvgIpc) is 2.87. The average molecular weight is 263 g/mol. The van der Waals surface area contributed by atoms with E-state index in [4.69, 9.17) is 5.73 Å². The van der Waals surface area contributed by atoms with Crippen LogP contribution in [0.4, 0.5) is 5.13 Å². The van der Waals surface area contributed by atoms with Gasteiger partial charge in [-0.2, -0.15) is 0 Å². The molecule has 2 heterocycles. The van der Waals surface area contributed by atoms with Crippen molar-refractivity contribution in [3.05, 3.63) is 24.4 Å². The summed E-state index contributed by atoms with van der Waals surface area (Å²) in [7, 11) is 0. The first-order valence-electron chi connectivity index (χ1n) is 5.46. The molecule has 0 aromatic carbocycles. The van der Waals surface area contributed by atoms with Crippen molar-refractivity contribution in [3.8, 4) is 10.7 Å². The van der Waals surface area contributed by atoms with Crippen LogP contribution in [-0.2, 0) is 4.79 Å². The molecule has 1 atom stereocenters. The van der Waals surface area contributed by atoms with Gasteiger partial charge in [0.25, 0.3) is 0 Å². The summed E-state index contributed by atoms with van der Waals surface area (Å²) in [5.41, 5.74) is 6.16. The van der Waals surface area contributed by atoms with Crippen LogP contribution in [0.5, 0.6) is 0 Å². The summed E-state index contributed by atoms with van der Waals surface area (Å²) in [6.07, 6.45) is 1.69. The smallest absolute Gasteiger partial charge is 0.230 e. The third kappa shape index (κ3) is 2.88. The molecular formula is C11H13N5OS. The van der Waals surface area contributed by atoms with Gasteiger partial charge in [-0.15, -0.1) is 10.2 Å². The number of rotatable bonds is 4. The van der Waals surface area contributed by atoms with Crippen molar-refractivity contribution in [1.82, 2.24) is 15.2 Å². The molecule has 0 saturated heterocycles. The number of anilines is 1. The number of nitrogens with one attached hydrogen (secondary N) is 1. The third-order valence-corrected chi connectivity index (χ3v) is 3.20. The van der Waals surface area contributed by atoms with Gasteiger partial charge >= 0.3 is 0 Å². The van der Waals surface area contributed by atoms with E-state index < -0.39 is 0 Å². The Balaban J connectivity index is 2.10. The Morgan fingerprint density at radius 2 is 2.33 bits per heavy atom. The molecule has 0 aliphatic rings. The van der Waals surface area contributed by atoms with Gasteiger partial charge < -0.3 is 11.1 Å². The maximum absolute atomic E-state index is 11.6. The van der Waals surface area contributed by atoms with Crippen molar-refractivity contribution in [2.45, 2.75) is 6.92 Å². The molecule has 1 amide bonds. The van der Waals surface area contributed by atoms with E-state index in [0.717, 1.165) is 5.69 Å². The largest absolute Gasteiger partial charge is 0.330 e. The predicted molar refractivity (Wildman–Crippen MR) is 70.0 cm³/mol. The molecule has 18 heavy (non-hydrogen) atoms. The van der Waals surface area contributed by atoms with Gasteiger partial charge in [-0.25, -0.2) is 0 Å². The molecule has 94 valence electrons. The Bertz CT molecular complexity index is 527. The molecule has 0 aliphatic carbocycles. The number of hydrogen-bond donors (Lipinski definition) is 2. The van der Waals surface area contributed by atoms with Gasteiger partial charge in [0.05, 0.1) is 0 Å². The molecule has 2 aromatic heterocycles. The van der Waals surface area contributed by atoms with E-state index in [-0.39, 0.29) is 11.8 Å². The Morgan fingerprint density at radius 1 is 1.50 bits per heavy atom. The number of nitrogens with two attached hydrogens (primary N) is 1. The van der Waals surface area contributed by atoms with Crippen molar-refractivity contribution in [2.75, 3.05) is 11.9 Å². The van der Waals surface area contributed by atoms with E-state index in [0.29, 0.717) is 16.7 Å². The maximum atomic E-state index is 11.6. The first-order chi connectivity index (χ1) is 8.70. The van der Waals surface area contributed by atoms with Crippen molar-refractivity contribution in [3.63, 3.8) is 0 Å². The molecule has 0 aliphatic heterocycles. The number of pyridine rings is 1. The van der Waals surface area contributed by atoms with Crippen LogP contribution in [-0.4, -0.2) is 27.6 Å². The molecule has 0 fully saturated rings. The quantitative estimate of drug-likeness (QED) is 0.862. The molecule has 2 aromatic rings. The lowest BCUT2D eigenvalue weighted by molar-refractivity contribution is -0.119. The second-order valence-corrected chi connectivity index (χ2v) is 4.73. The van der Waals surface area contributed by atoms with E-state index in [9.17, 15) is 4.79 Å². The number of carbonyl (C=O) groups is 1. The van der Waals surface area contributed by atoms with Crippen LogP contribution < -0.4 is 11.1 Å². The fraction of sp³-hybridized carbons (Fsp3) is 0.273. The number of nitrogens with zero attached hydrogens (tertiary/aromatic N) is 3. The lowest BCUT2D eigenvalue weighted by Crippen LogP contribution is -2.26. The minimum absolute atomic E-state index is 0.152. The molecule has 6 nitrogen and oxygen atoms in total. The van der Waals surface area contributed by atoms with E-state index in [1.165, 1.54) is 11.3 Å². The summed E-state index contributed by atoms with van der Waals surface area (Å²) in [6.45, 7) is 2.06. The number of carbonyl (C=O) groups excluding carboxylic acids is 1. The Hall–Kier alpha value is -1.86. The topological polar surface area (TPSA) is 93.8 Å². The van der Waals surface area contributed by atoms with Crippen molar-refractivity contribution < 1.29 is 4.79 Å². The van der Waals surface area contributed by atoms with Gasteiger partial charge in [-0.05, 0) is 12.1 Å². The van der Waals surface area contributed by atoms with Gasteiger partial charge in [-0.3, -0.25) is 9.78 Å². The van der Waals surface area contributed by atoms with Crippen molar-refractivity contribution in [1.29, 1.82) is 0 Å². The molecule has 0 saturated carbocycles. The first-order valence-corrected chi connectivity index (χ1v) is 6.28. The zero-order valence-electron chi connectivity index (χ0n) is 9.83. The van der Waals surface area contributed by atoms with Crippen molar-refractivity contribution in [2.24, 2.45) is 11.7 Å². The van der Waals surface area contributed by atoms with Crippen LogP contribution >= 0.6 is 11.3 Å². The summed E-state index contributed by atoms with van der Waals surface area (Å²) >= 11 is 1.28. The van der Waals surface area contributed by atoms with Crippen LogP contribution in [0.2, 0.25) is 0 Å². The molecule has 0 bridgehead atoms. The molecule has 1 unspecified atom stereocenters. The highest BCUT2D eigenvalue weighted by molar-refractivity contribution is 7.18. The summed E-state index contributed by atoms with van der Waals surface area (Å²) in [6, 6.07) is 5.54. The monoisotopic (exact) mass is 263 g/mol. The molecular weight excluding hydrogens is 250 g/mol. The number of aromatic nitrogens is 3. The van der Waals surface area contributed by atoms with Gasteiger partial charge in [0.2, 0.25) is 11.0 Å².